The number of nitrogens with zero attached hydrogens (tertiary/aromatic N) is 3. The number of amides is 1. The van der Waals surface area contributed by atoms with E-state index in [1.54, 1.807) is 0 Å². The molecule has 34 heavy (non-hydrogen) atoms. The topological polar surface area (TPSA) is 103 Å². The first kappa shape index (κ1) is 21.8. The lowest BCUT2D eigenvalue weighted by Gasteiger charge is -2.30. The molecule has 1 fully saturated rings. The number of imidazole rings is 1. The molecule has 3 N–H and O–H groups in total. The van der Waals surface area contributed by atoms with Crippen molar-refractivity contribution in [3.63, 3.8) is 0 Å². The monoisotopic (exact) mass is 457 g/mol. The third-order valence-electron chi connectivity index (χ3n) is 6.18. The quantitative estimate of drug-likeness (QED) is 0.361. The molecule has 1 saturated heterocycles. The van der Waals surface area contributed by atoms with E-state index in [1.807, 2.05) is 66.7 Å². The number of benzene rings is 2. The van der Waals surface area contributed by atoms with Gasteiger partial charge < -0.3 is 25.0 Å². The van der Waals surface area contributed by atoms with Crippen LogP contribution >= 0.6 is 0 Å². The number of likely N-dealkylation sites (tertiary alicyclic amines) is 1. The molecule has 0 saturated carbocycles. The van der Waals surface area contributed by atoms with Gasteiger partial charge in [0.15, 0.2) is 5.65 Å². The fraction of sp³-hybridized carbons (Fsp3) is 0.269. The van der Waals surface area contributed by atoms with E-state index in [0.29, 0.717) is 25.6 Å². The highest BCUT2D eigenvalue weighted by Crippen LogP contribution is 2.24. The fourth-order valence-corrected chi connectivity index (χ4v) is 4.16. The van der Waals surface area contributed by atoms with Crippen LogP contribution in [-0.4, -0.2) is 50.7 Å². The van der Waals surface area contributed by atoms with E-state index in [1.165, 1.54) is 4.90 Å². The number of H-pyrrole nitrogens is 1. The van der Waals surface area contributed by atoms with Gasteiger partial charge in [-0.1, -0.05) is 30.3 Å². The minimum absolute atomic E-state index is 0.438. The van der Waals surface area contributed by atoms with E-state index in [-0.39, 0.29) is 0 Å². The zero-order valence-electron chi connectivity index (χ0n) is 18.8. The normalized spacial score (nSPS) is 14.3. The summed E-state index contributed by atoms with van der Waals surface area (Å²) in [5.74, 6) is 2.79. The number of anilines is 1. The fourth-order valence-electron chi connectivity index (χ4n) is 4.16. The van der Waals surface area contributed by atoms with Gasteiger partial charge in [-0.2, -0.15) is 0 Å². The van der Waals surface area contributed by atoms with E-state index in [4.69, 9.17) is 9.84 Å². The van der Waals surface area contributed by atoms with Crippen LogP contribution in [0.25, 0.3) is 22.6 Å². The highest BCUT2D eigenvalue weighted by molar-refractivity contribution is 5.77. The number of carboxylic acid groups (broad SMARTS) is 1. The van der Waals surface area contributed by atoms with Gasteiger partial charge in [0, 0.05) is 25.2 Å². The second kappa shape index (κ2) is 9.82. The number of piperidine rings is 1. The summed E-state index contributed by atoms with van der Waals surface area (Å²) in [6.45, 7) is 2.49. The molecule has 4 aromatic rings. The van der Waals surface area contributed by atoms with Crippen molar-refractivity contribution in [1.82, 2.24) is 19.9 Å². The molecule has 174 valence electrons. The molecule has 0 unspecified atom stereocenters. The number of rotatable bonds is 7. The van der Waals surface area contributed by atoms with Crippen molar-refractivity contribution in [3.05, 3.63) is 72.3 Å². The van der Waals surface area contributed by atoms with Crippen LogP contribution in [0.2, 0.25) is 0 Å². The summed E-state index contributed by atoms with van der Waals surface area (Å²) in [6, 6.07) is 21.8. The SMILES string of the molecule is O=C(O)N1CCC(CNc2ccc3nc(-c4ccc(OCc5ccccc5)cc4)[nH]c3n2)CC1. The van der Waals surface area contributed by atoms with Crippen molar-refractivity contribution >= 4 is 23.1 Å². The number of fused-ring (bicyclic) bond motifs is 1. The summed E-state index contributed by atoms with van der Waals surface area (Å²) in [6.07, 6.45) is 0.893. The van der Waals surface area contributed by atoms with Crippen LogP contribution < -0.4 is 10.1 Å². The number of pyridine rings is 1. The Kier molecular flexibility index (Phi) is 6.29. The van der Waals surface area contributed by atoms with Crippen LogP contribution in [0.5, 0.6) is 5.75 Å². The Bertz CT molecular complexity index is 1250. The van der Waals surface area contributed by atoms with Crippen LogP contribution in [0.3, 0.4) is 0 Å². The van der Waals surface area contributed by atoms with E-state index in [9.17, 15) is 4.79 Å². The molecule has 3 heterocycles. The predicted octanol–water partition coefficient (Wildman–Crippen LogP) is 5.01. The van der Waals surface area contributed by atoms with Gasteiger partial charge in [0.25, 0.3) is 0 Å². The van der Waals surface area contributed by atoms with Crippen molar-refractivity contribution < 1.29 is 14.6 Å². The molecule has 2 aromatic heterocycles. The number of aromatic nitrogens is 3. The van der Waals surface area contributed by atoms with E-state index < -0.39 is 6.09 Å². The highest BCUT2D eigenvalue weighted by Gasteiger charge is 2.22. The Morgan fingerprint density at radius 1 is 1.03 bits per heavy atom. The number of ether oxygens (including phenoxy) is 1. The first-order valence-electron chi connectivity index (χ1n) is 11.5. The lowest BCUT2D eigenvalue weighted by Crippen LogP contribution is -2.39. The molecule has 0 radical (unpaired) electrons. The van der Waals surface area contributed by atoms with Crippen molar-refractivity contribution in [2.45, 2.75) is 19.4 Å². The molecule has 1 aliphatic rings. The number of nitrogens with one attached hydrogen (secondary N) is 2. The van der Waals surface area contributed by atoms with Crippen molar-refractivity contribution in [2.24, 2.45) is 5.92 Å². The minimum atomic E-state index is -0.831. The molecule has 5 rings (SSSR count). The number of aromatic amines is 1. The lowest BCUT2D eigenvalue weighted by molar-refractivity contribution is 0.126. The maximum absolute atomic E-state index is 11.1. The van der Waals surface area contributed by atoms with Gasteiger partial charge in [0.2, 0.25) is 0 Å². The van der Waals surface area contributed by atoms with Crippen LogP contribution in [0.1, 0.15) is 18.4 Å². The Morgan fingerprint density at radius 2 is 1.79 bits per heavy atom. The Balaban J connectivity index is 1.19. The average molecular weight is 458 g/mol. The summed E-state index contributed by atoms with van der Waals surface area (Å²) >= 11 is 0. The van der Waals surface area contributed by atoms with Gasteiger partial charge in [0.1, 0.15) is 29.5 Å². The van der Waals surface area contributed by atoms with Gasteiger partial charge >= 0.3 is 6.09 Å². The average Bonchev–Trinajstić information content (AvgIpc) is 3.31. The zero-order valence-corrected chi connectivity index (χ0v) is 18.8. The second-order valence-electron chi connectivity index (χ2n) is 8.54. The van der Waals surface area contributed by atoms with Gasteiger partial charge in [-0.3, -0.25) is 0 Å². The first-order valence-corrected chi connectivity index (χ1v) is 11.5. The molecular weight excluding hydrogens is 430 g/mol. The molecule has 2 aromatic carbocycles. The summed E-state index contributed by atoms with van der Waals surface area (Å²) in [5, 5.41) is 12.5. The number of carbonyl (C=O) groups is 1. The molecule has 0 spiro atoms. The Hall–Kier alpha value is -4.07. The van der Waals surface area contributed by atoms with E-state index in [2.05, 4.69) is 20.3 Å². The third-order valence-corrected chi connectivity index (χ3v) is 6.18. The van der Waals surface area contributed by atoms with E-state index >= 15 is 0 Å². The molecule has 8 heteroatoms. The van der Waals surface area contributed by atoms with Crippen molar-refractivity contribution in [3.8, 4) is 17.1 Å². The number of hydrogen-bond donors (Lipinski definition) is 3. The standard InChI is InChI=1S/C26H27N5O3/c32-26(33)31-14-12-18(13-15-31)16-27-23-11-10-22-25(29-23)30-24(28-22)20-6-8-21(9-7-20)34-17-19-4-2-1-3-5-19/h1-11,18H,12-17H2,(H,32,33)(H2,27,28,29,30). The third kappa shape index (κ3) is 5.11. The van der Waals surface area contributed by atoms with Gasteiger partial charge in [-0.25, -0.2) is 14.8 Å². The molecule has 0 aliphatic carbocycles. The number of hydrogen-bond acceptors (Lipinski definition) is 5. The van der Waals surface area contributed by atoms with Crippen molar-refractivity contribution in [2.75, 3.05) is 25.0 Å². The highest BCUT2D eigenvalue weighted by atomic mass is 16.5. The molecule has 0 bridgehead atoms. The Morgan fingerprint density at radius 3 is 2.53 bits per heavy atom. The van der Waals surface area contributed by atoms with Crippen LogP contribution in [0.15, 0.2) is 66.7 Å². The van der Waals surface area contributed by atoms with E-state index in [0.717, 1.165) is 59.1 Å². The zero-order chi connectivity index (χ0) is 23.3. The maximum Gasteiger partial charge on any atom is 0.407 e. The van der Waals surface area contributed by atoms with Gasteiger partial charge in [-0.05, 0) is 60.7 Å². The molecular formula is C26H27N5O3. The minimum Gasteiger partial charge on any atom is -0.489 e. The molecule has 0 atom stereocenters. The molecule has 1 amide bonds. The van der Waals surface area contributed by atoms with Gasteiger partial charge in [0.05, 0.1) is 0 Å². The lowest BCUT2D eigenvalue weighted by atomic mass is 9.97. The first-order chi connectivity index (χ1) is 16.6. The van der Waals surface area contributed by atoms with Crippen LogP contribution in [-0.2, 0) is 6.61 Å². The second-order valence-corrected chi connectivity index (χ2v) is 8.54. The summed E-state index contributed by atoms with van der Waals surface area (Å²) in [4.78, 5) is 25.2. The van der Waals surface area contributed by atoms with Crippen molar-refractivity contribution in [1.29, 1.82) is 0 Å². The molecule has 1 aliphatic heterocycles. The van der Waals surface area contributed by atoms with Crippen LogP contribution in [0, 0.1) is 5.92 Å². The summed E-state index contributed by atoms with van der Waals surface area (Å²) in [5.41, 5.74) is 3.62. The summed E-state index contributed by atoms with van der Waals surface area (Å²) in [7, 11) is 0. The molecule has 8 nitrogen and oxygen atoms in total. The van der Waals surface area contributed by atoms with Crippen LogP contribution in [0.4, 0.5) is 10.6 Å². The smallest absolute Gasteiger partial charge is 0.407 e. The van der Waals surface area contributed by atoms with Gasteiger partial charge in [-0.15, -0.1) is 0 Å². The Labute approximate surface area is 197 Å². The largest absolute Gasteiger partial charge is 0.489 e. The predicted molar refractivity (Wildman–Crippen MR) is 131 cm³/mol. The summed E-state index contributed by atoms with van der Waals surface area (Å²) < 4.78 is 5.87. The maximum atomic E-state index is 11.1.